The van der Waals surface area contributed by atoms with Gasteiger partial charge in [0.2, 0.25) is 11.8 Å². The molecule has 0 atom stereocenters. The Kier molecular flexibility index (Phi) is 13.8. The maximum absolute atomic E-state index is 12.1. The van der Waals surface area contributed by atoms with E-state index in [1.54, 1.807) is 0 Å². The zero-order valence-electron chi connectivity index (χ0n) is 19.4. The van der Waals surface area contributed by atoms with E-state index in [4.69, 9.17) is 0 Å². The van der Waals surface area contributed by atoms with Crippen molar-refractivity contribution in [3.05, 3.63) is 35.9 Å². The third-order valence-electron chi connectivity index (χ3n) is 5.10. The highest BCUT2D eigenvalue weighted by Crippen LogP contribution is 2.04. The van der Waals surface area contributed by atoms with Crippen molar-refractivity contribution in [2.45, 2.75) is 72.4 Å². The summed E-state index contributed by atoms with van der Waals surface area (Å²) >= 11 is 0. The molecule has 0 fully saturated rings. The Morgan fingerprint density at radius 2 is 1.57 bits per heavy atom. The summed E-state index contributed by atoms with van der Waals surface area (Å²) in [5.41, 5.74) is 1.31. The molecule has 30 heavy (non-hydrogen) atoms. The van der Waals surface area contributed by atoms with Crippen molar-refractivity contribution in [3.8, 4) is 0 Å². The van der Waals surface area contributed by atoms with Crippen LogP contribution in [0, 0.1) is 5.92 Å². The van der Waals surface area contributed by atoms with E-state index in [0.717, 1.165) is 45.4 Å². The Morgan fingerprint density at radius 1 is 0.900 bits per heavy atom. The van der Waals surface area contributed by atoms with Crippen LogP contribution >= 0.6 is 0 Å². The lowest BCUT2D eigenvalue weighted by molar-refractivity contribution is -0.123. The van der Waals surface area contributed by atoms with Crippen LogP contribution in [0.15, 0.2) is 30.3 Å². The highest BCUT2D eigenvalue weighted by atomic mass is 16.2. The van der Waals surface area contributed by atoms with Gasteiger partial charge in [-0.15, -0.1) is 0 Å². The maximum Gasteiger partial charge on any atom is 0.222 e. The van der Waals surface area contributed by atoms with Gasteiger partial charge in [0, 0.05) is 32.0 Å². The molecular weight excluding hydrogens is 376 g/mol. The molecule has 0 aliphatic rings. The fourth-order valence-electron chi connectivity index (χ4n) is 3.10. The molecule has 0 saturated carbocycles. The number of hydrogen-bond donors (Lipinski definition) is 3. The van der Waals surface area contributed by atoms with Gasteiger partial charge in [0.15, 0.2) is 0 Å². The van der Waals surface area contributed by atoms with Gasteiger partial charge >= 0.3 is 0 Å². The van der Waals surface area contributed by atoms with Crippen LogP contribution in [0.5, 0.6) is 0 Å². The minimum Gasteiger partial charge on any atom is -0.339 e. The number of nitrogens with one attached hydrogen (secondary N) is 3. The normalized spacial score (nSPS) is 11.3. The van der Waals surface area contributed by atoms with E-state index in [-0.39, 0.29) is 18.5 Å². The zero-order valence-corrected chi connectivity index (χ0v) is 19.4. The van der Waals surface area contributed by atoms with E-state index in [2.05, 4.69) is 72.8 Å². The first kappa shape index (κ1) is 26.1. The van der Waals surface area contributed by atoms with Gasteiger partial charge in [-0.3, -0.25) is 9.59 Å². The number of amides is 2. The van der Waals surface area contributed by atoms with Gasteiger partial charge in [-0.1, -0.05) is 44.2 Å². The van der Waals surface area contributed by atoms with E-state index in [1.807, 2.05) is 6.07 Å². The van der Waals surface area contributed by atoms with Crippen molar-refractivity contribution in [1.29, 1.82) is 0 Å². The van der Waals surface area contributed by atoms with Crippen molar-refractivity contribution in [3.63, 3.8) is 0 Å². The number of nitrogens with zero attached hydrogens (tertiary/aromatic N) is 1. The Labute approximate surface area is 183 Å². The predicted molar refractivity (Wildman–Crippen MR) is 124 cm³/mol. The van der Waals surface area contributed by atoms with Crippen LogP contribution in [0.1, 0.15) is 65.4 Å². The number of unbranched alkanes of at least 4 members (excludes halogenated alkanes) is 1. The summed E-state index contributed by atoms with van der Waals surface area (Å²) in [4.78, 5) is 26.1. The molecule has 2 amide bonds. The lowest BCUT2D eigenvalue weighted by atomic mass is 10.1. The van der Waals surface area contributed by atoms with Gasteiger partial charge in [-0.25, -0.2) is 0 Å². The molecule has 0 radical (unpaired) electrons. The first-order valence-corrected chi connectivity index (χ1v) is 11.4. The third kappa shape index (κ3) is 13.3. The van der Waals surface area contributed by atoms with E-state index in [0.29, 0.717) is 24.8 Å². The lowest BCUT2D eigenvalue weighted by Gasteiger charge is -2.26. The monoisotopic (exact) mass is 418 g/mol. The van der Waals surface area contributed by atoms with E-state index in [9.17, 15) is 9.59 Å². The third-order valence-corrected chi connectivity index (χ3v) is 5.10. The molecule has 0 unspecified atom stereocenters. The second-order valence-corrected chi connectivity index (χ2v) is 8.56. The molecule has 1 rings (SSSR count). The molecule has 0 aliphatic carbocycles. The molecular formula is C24H42N4O2. The van der Waals surface area contributed by atoms with Crippen LogP contribution in [-0.2, 0) is 16.1 Å². The molecule has 0 spiro atoms. The molecule has 6 heteroatoms. The summed E-state index contributed by atoms with van der Waals surface area (Å²) in [5, 5.41) is 9.03. The van der Waals surface area contributed by atoms with Crippen molar-refractivity contribution < 1.29 is 9.59 Å². The molecule has 0 saturated heterocycles. The minimum absolute atomic E-state index is 0.00585. The summed E-state index contributed by atoms with van der Waals surface area (Å²) in [6.07, 6.45) is 4.05. The Hall–Kier alpha value is -1.92. The second-order valence-electron chi connectivity index (χ2n) is 8.56. The Bertz CT molecular complexity index is 590. The van der Waals surface area contributed by atoms with Crippen molar-refractivity contribution >= 4 is 11.8 Å². The van der Waals surface area contributed by atoms with Gasteiger partial charge < -0.3 is 20.9 Å². The predicted octanol–water partition coefficient (Wildman–Crippen LogP) is 3.28. The van der Waals surface area contributed by atoms with Gasteiger partial charge in [-0.05, 0) is 57.7 Å². The van der Waals surface area contributed by atoms with Crippen LogP contribution in [0.2, 0.25) is 0 Å². The molecule has 0 aromatic heterocycles. The van der Waals surface area contributed by atoms with Crippen LogP contribution in [0.3, 0.4) is 0 Å². The number of benzene rings is 1. The molecule has 0 heterocycles. The van der Waals surface area contributed by atoms with Gasteiger partial charge in [0.1, 0.15) is 0 Å². The number of rotatable bonds is 16. The maximum atomic E-state index is 12.1. The van der Waals surface area contributed by atoms with Crippen molar-refractivity contribution in [2.75, 3.05) is 26.3 Å². The van der Waals surface area contributed by atoms with Crippen LogP contribution in [-0.4, -0.2) is 49.1 Å². The lowest BCUT2D eigenvalue weighted by Crippen LogP contribution is -2.40. The van der Waals surface area contributed by atoms with Crippen LogP contribution < -0.4 is 16.0 Å². The van der Waals surface area contributed by atoms with Gasteiger partial charge in [0.25, 0.3) is 0 Å². The average molecular weight is 419 g/mol. The van der Waals surface area contributed by atoms with Crippen molar-refractivity contribution in [1.82, 2.24) is 20.9 Å². The molecule has 1 aromatic rings. The summed E-state index contributed by atoms with van der Waals surface area (Å²) in [7, 11) is 0. The fraction of sp³-hybridized carbons (Fsp3) is 0.667. The second kappa shape index (κ2) is 15.9. The first-order chi connectivity index (χ1) is 14.4. The summed E-state index contributed by atoms with van der Waals surface area (Å²) in [5.74, 6) is 0.481. The van der Waals surface area contributed by atoms with Crippen molar-refractivity contribution in [2.24, 2.45) is 5.92 Å². The Balaban J connectivity index is 2.11. The van der Waals surface area contributed by atoms with Gasteiger partial charge in [0.05, 0.1) is 6.67 Å². The van der Waals surface area contributed by atoms with E-state index < -0.39 is 0 Å². The number of carbonyl (C=O) groups is 2. The van der Waals surface area contributed by atoms with E-state index in [1.165, 1.54) is 5.56 Å². The summed E-state index contributed by atoms with van der Waals surface area (Å²) < 4.78 is 0. The molecule has 0 aliphatic heterocycles. The zero-order chi connectivity index (χ0) is 22.2. The molecule has 1 aromatic carbocycles. The number of hydrogen-bond acceptors (Lipinski definition) is 4. The number of carbonyl (C=O) groups excluding carboxylic acids is 2. The first-order valence-electron chi connectivity index (χ1n) is 11.4. The smallest absolute Gasteiger partial charge is 0.222 e. The summed E-state index contributed by atoms with van der Waals surface area (Å²) in [6, 6.07) is 10.8. The molecule has 0 bridgehead atoms. The van der Waals surface area contributed by atoms with E-state index >= 15 is 0 Å². The average Bonchev–Trinajstić information content (AvgIpc) is 2.71. The fourth-order valence-corrected chi connectivity index (χ4v) is 3.10. The standard InChI is InChI=1S/C24H42N4O2/c1-20(2)12-13-23(29)26-19-27-24(30)14-17-28(21(3)4)16-9-8-15-25-18-22-10-6-5-7-11-22/h5-7,10-11,20-21,25H,8-9,12-19H2,1-4H3,(H,26,29)(H,27,30). The quantitative estimate of drug-likeness (QED) is 0.285. The molecule has 3 N–H and O–H groups in total. The minimum atomic E-state index is -0.0191. The van der Waals surface area contributed by atoms with Crippen LogP contribution in [0.25, 0.3) is 0 Å². The Morgan fingerprint density at radius 3 is 2.20 bits per heavy atom. The topological polar surface area (TPSA) is 73.5 Å². The molecule has 170 valence electrons. The molecule has 6 nitrogen and oxygen atoms in total. The highest BCUT2D eigenvalue weighted by molar-refractivity contribution is 5.78. The SMILES string of the molecule is CC(C)CCC(=O)NCNC(=O)CCN(CCCCNCc1ccccc1)C(C)C. The highest BCUT2D eigenvalue weighted by Gasteiger charge is 2.11. The van der Waals surface area contributed by atoms with Gasteiger partial charge in [-0.2, -0.15) is 0 Å². The largest absolute Gasteiger partial charge is 0.339 e. The van der Waals surface area contributed by atoms with Crippen LogP contribution in [0.4, 0.5) is 0 Å². The summed E-state index contributed by atoms with van der Waals surface area (Å²) in [6.45, 7) is 12.4.